The summed E-state index contributed by atoms with van der Waals surface area (Å²) in [6.07, 6.45) is 10.4. The second-order valence-corrected chi connectivity index (χ2v) is 14.1. The van der Waals surface area contributed by atoms with Crippen LogP contribution < -0.4 is 0 Å². The van der Waals surface area contributed by atoms with E-state index in [2.05, 4.69) is 55.2 Å². The summed E-state index contributed by atoms with van der Waals surface area (Å²) in [5.41, 5.74) is 4.32. The molecule has 42 heavy (non-hydrogen) atoms. The molecule has 0 aromatic heterocycles. The standard InChI is InChI=1S/C37H49NO4/c1-35-18-15-30(39)21-29(35)13-14-32-33(35)16-19-36(2)34(32)17-20-37(36,41)26-38(22-27-9-5-3-6-10-27)23-31(40)25-42-24-28-11-7-4-8-12-28/h3-14,30-31,33-34,39-41H,15-26H2,1-2H3. The zero-order chi connectivity index (χ0) is 29.4. The van der Waals surface area contributed by atoms with Crippen LogP contribution in [0.15, 0.2) is 84.0 Å². The number of aliphatic hydroxyl groups excluding tert-OH is 2. The molecule has 0 spiro atoms. The Morgan fingerprint density at radius 2 is 1.57 bits per heavy atom. The molecule has 2 aromatic carbocycles. The minimum absolute atomic E-state index is 0.133. The van der Waals surface area contributed by atoms with E-state index in [4.69, 9.17) is 4.74 Å². The Morgan fingerprint density at radius 3 is 2.31 bits per heavy atom. The fraction of sp³-hybridized carbons (Fsp3) is 0.568. The van der Waals surface area contributed by atoms with Crippen molar-refractivity contribution in [3.8, 4) is 0 Å². The highest BCUT2D eigenvalue weighted by atomic mass is 16.5. The molecule has 4 aliphatic rings. The zero-order valence-electron chi connectivity index (χ0n) is 25.4. The van der Waals surface area contributed by atoms with Gasteiger partial charge in [-0.15, -0.1) is 0 Å². The molecule has 0 radical (unpaired) electrons. The predicted molar refractivity (Wildman–Crippen MR) is 166 cm³/mol. The third-order valence-electron chi connectivity index (χ3n) is 11.5. The number of allylic oxidation sites excluding steroid dienone is 3. The molecule has 6 rings (SSSR count). The molecule has 3 N–H and O–H groups in total. The van der Waals surface area contributed by atoms with Crippen LogP contribution in [0.2, 0.25) is 0 Å². The number of ether oxygens (including phenoxy) is 1. The number of benzene rings is 2. The van der Waals surface area contributed by atoms with E-state index in [9.17, 15) is 15.3 Å². The van der Waals surface area contributed by atoms with Crippen LogP contribution in [0.3, 0.4) is 0 Å². The topological polar surface area (TPSA) is 73.2 Å². The first-order valence-corrected chi connectivity index (χ1v) is 16.1. The molecule has 3 fully saturated rings. The molecule has 7 unspecified atom stereocenters. The quantitative estimate of drug-likeness (QED) is 0.324. The molecule has 5 heteroatoms. The molecule has 4 aliphatic carbocycles. The Hall–Kier alpha value is -2.28. The van der Waals surface area contributed by atoms with E-state index in [1.807, 2.05) is 36.4 Å². The number of fused-ring (bicyclic) bond motifs is 5. The average Bonchev–Trinajstić information content (AvgIpc) is 3.24. The van der Waals surface area contributed by atoms with Gasteiger partial charge in [-0.2, -0.15) is 0 Å². The van der Waals surface area contributed by atoms with E-state index in [-0.39, 0.29) is 23.5 Å². The summed E-state index contributed by atoms with van der Waals surface area (Å²) < 4.78 is 5.88. The van der Waals surface area contributed by atoms with E-state index in [1.54, 1.807) is 0 Å². The summed E-state index contributed by atoms with van der Waals surface area (Å²) in [5.74, 6) is 0.870. The van der Waals surface area contributed by atoms with Gasteiger partial charge in [-0.3, -0.25) is 4.90 Å². The Labute approximate surface area is 251 Å². The first kappa shape index (κ1) is 29.8. The fourth-order valence-electron chi connectivity index (χ4n) is 8.99. The summed E-state index contributed by atoms with van der Waals surface area (Å²) in [4.78, 5) is 2.25. The first-order valence-electron chi connectivity index (χ1n) is 16.1. The normalized spacial score (nSPS) is 34.7. The maximum Gasteiger partial charge on any atom is 0.0900 e. The third-order valence-corrected chi connectivity index (χ3v) is 11.5. The minimum atomic E-state index is -0.837. The molecule has 0 saturated heterocycles. The maximum atomic E-state index is 12.5. The van der Waals surface area contributed by atoms with Gasteiger partial charge in [-0.1, -0.05) is 97.8 Å². The molecule has 0 aliphatic heterocycles. The molecular formula is C37H49NO4. The van der Waals surface area contributed by atoms with Gasteiger partial charge in [0.1, 0.15) is 0 Å². The average molecular weight is 572 g/mol. The Balaban J connectivity index is 1.18. The van der Waals surface area contributed by atoms with Crippen molar-refractivity contribution in [2.45, 2.75) is 89.8 Å². The molecule has 226 valence electrons. The number of hydrogen-bond donors (Lipinski definition) is 3. The maximum absolute atomic E-state index is 12.5. The van der Waals surface area contributed by atoms with Crippen LogP contribution in [-0.4, -0.2) is 57.7 Å². The summed E-state index contributed by atoms with van der Waals surface area (Å²) in [6, 6.07) is 20.4. The molecule has 3 saturated carbocycles. The lowest BCUT2D eigenvalue weighted by atomic mass is 9.50. The molecule has 5 nitrogen and oxygen atoms in total. The highest BCUT2D eigenvalue weighted by Gasteiger charge is 2.62. The highest BCUT2D eigenvalue weighted by molar-refractivity contribution is 5.39. The van der Waals surface area contributed by atoms with E-state index in [0.717, 1.165) is 50.5 Å². The van der Waals surface area contributed by atoms with Gasteiger partial charge in [0.15, 0.2) is 0 Å². The molecule has 0 heterocycles. The smallest absolute Gasteiger partial charge is 0.0900 e. The number of nitrogens with zero attached hydrogens (tertiary/aromatic N) is 1. The van der Waals surface area contributed by atoms with Crippen molar-refractivity contribution >= 4 is 0 Å². The van der Waals surface area contributed by atoms with Crippen molar-refractivity contribution in [3.63, 3.8) is 0 Å². The van der Waals surface area contributed by atoms with E-state index < -0.39 is 11.7 Å². The van der Waals surface area contributed by atoms with Crippen molar-refractivity contribution in [3.05, 3.63) is 95.1 Å². The van der Waals surface area contributed by atoms with Crippen molar-refractivity contribution in [1.82, 2.24) is 4.90 Å². The lowest BCUT2D eigenvalue weighted by Gasteiger charge is -2.56. The molecule has 0 amide bonds. The molecular weight excluding hydrogens is 522 g/mol. The van der Waals surface area contributed by atoms with Crippen LogP contribution in [0.5, 0.6) is 0 Å². The predicted octanol–water partition coefficient (Wildman–Crippen LogP) is 6.04. The van der Waals surface area contributed by atoms with E-state index in [1.165, 1.54) is 16.7 Å². The molecule has 0 bridgehead atoms. The monoisotopic (exact) mass is 571 g/mol. The van der Waals surface area contributed by atoms with Gasteiger partial charge in [-0.25, -0.2) is 0 Å². The van der Waals surface area contributed by atoms with Gasteiger partial charge < -0.3 is 20.1 Å². The Morgan fingerprint density at radius 1 is 0.881 bits per heavy atom. The Bertz CT molecular complexity index is 1280. The van der Waals surface area contributed by atoms with Gasteiger partial charge >= 0.3 is 0 Å². The van der Waals surface area contributed by atoms with Crippen molar-refractivity contribution < 1.29 is 20.1 Å². The van der Waals surface area contributed by atoms with Gasteiger partial charge in [0.2, 0.25) is 0 Å². The summed E-state index contributed by atoms with van der Waals surface area (Å²) in [5, 5.41) is 33.9. The SMILES string of the molecule is CC12CCC(O)CC1=CC=C1C2CCC2(C)C1CCC2(O)CN(Cc1ccccc1)CC(O)COCc1ccccc1. The van der Waals surface area contributed by atoms with Crippen LogP contribution in [0.25, 0.3) is 0 Å². The first-order chi connectivity index (χ1) is 20.2. The zero-order valence-corrected chi connectivity index (χ0v) is 25.4. The lowest BCUT2D eigenvalue weighted by Crippen LogP contribution is -2.56. The van der Waals surface area contributed by atoms with Crippen LogP contribution in [-0.2, 0) is 17.9 Å². The second-order valence-electron chi connectivity index (χ2n) is 14.1. The van der Waals surface area contributed by atoms with Crippen LogP contribution in [0, 0.1) is 22.7 Å². The highest BCUT2D eigenvalue weighted by Crippen LogP contribution is 2.66. The van der Waals surface area contributed by atoms with E-state index >= 15 is 0 Å². The van der Waals surface area contributed by atoms with Crippen LogP contribution in [0.1, 0.15) is 69.9 Å². The second kappa shape index (κ2) is 12.0. The van der Waals surface area contributed by atoms with Gasteiger partial charge in [0, 0.05) is 25.0 Å². The lowest BCUT2D eigenvalue weighted by molar-refractivity contribution is -0.108. The van der Waals surface area contributed by atoms with E-state index in [0.29, 0.717) is 38.1 Å². The van der Waals surface area contributed by atoms with Gasteiger partial charge in [-0.05, 0) is 73.3 Å². The fourth-order valence-corrected chi connectivity index (χ4v) is 8.99. The van der Waals surface area contributed by atoms with Crippen molar-refractivity contribution in [1.29, 1.82) is 0 Å². The van der Waals surface area contributed by atoms with Gasteiger partial charge in [0.25, 0.3) is 0 Å². The summed E-state index contributed by atoms with van der Waals surface area (Å²) >= 11 is 0. The summed E-state index contributed by atoms with van der Waals surface area (Å²) in [6.45, 7) is 7.15. The van der Waals surface area contributed by atoms with Crippen LogP contribution in [0.4, 0.5) is 0 Å². The number of hydrogen-bond acceptors (Lipinski definition) is 5. The molecule has 7 atom stereocenters. The minimum Gasteiger partial charge on any atom is -0.393 e. The van der Waals surface area contributed by atoms with Gasteiger partial charge in [0.05, 0.1) is 31.0 Å². The number of rotatable bonds is 10. The third kappa shape index (κ3) is 5.67. The summed E-state index contributed by atoms with van der Waals surface area (Å²) in [7, 11) is 0. The van der Waals surface area contributed by atoms with Crippen molar-refractivity contribution in [2.75, 3.05) is 19.7 Å². The number of aliphatic hydroxyl groups is 3. The molecule has 2 aromatic rings. The Kier molecular flexibility index (Phi) is 8.52. The largest absolute Gasteiger partial charge is 0.393 e. The van der Waals surface area contributed by atoms with Crippen molar-refractivity contribution in [2.24, 2.45) is 22.7 Å². The van der Waals surface area contributed by atoms with Crippen LogP contribution >= 0.6 is 0 Å².